The first-order valence-electron chi connectivity index (χ1n) is 7.84. The number of fused-ring (bicyclic) bond motifs is 1. The van der Waals surface area contributed by atoms with Crippen LogP contribution in [0.25, 0.3) is 0 Å². The van der Waals surface area contributed by atoms with Gasteiger partial charge in [-0.1, -0.05) is 30.3 Å². The van der Waals surface area contributed by atoms with Crippen molar-refractivity contribution in [3.05, 3.63) is 35.9 Å². The Bertz CT molecular complexity index is 591. The molecule has 2 aliphatic heterocycles. The van der Waals surface area contributed by atoms with Crippen molar-refractivity contribution in [2.75, 3.05) is 39.0 Å². The van der Waals surface area contributed by atoms with Gasteiger partial charge in [-0.05, 0) is 12.0 Å². The quantitative estimate of drug-likeness (QED) is 0.838. The van der Waals surface area contributed by atoms with E-state index in [1.54, 1.807) is 0 Å². The Morgan fingerprint density at radius 1 is 1.27 bits per heavy atom. The lowest BCUT2D eigenvalue weighted by atomic mass is 9.93. The number of benzene rings is 1. The summed E-state index contributed by atoms with van der Waals surface area (Å²) in [5, 5.41) is 0. The molecule has 0 bridgehead atoms. The van der Waals surface area contributed by atoms with Gasteiger partial charge in [-0.25, -0.2) is 13.1 Å². The number of rotatable bonds is 6. The van der Waals surface area contributed by atoms with Crippen LogP contribution < -0.4 is 4.72 Å². The van der Waals surface area contributed by atoms with Crippen molar-refractivity contribution in [1.82, 2.24) is 9.62 Å². The molecule has 0 saturated carbocycles. The molecular weight excluding hydrogens is 300 g/mol. The summed E-state index contributed by atoms with van der Waals surface area (Å²) < 4.78 is 31.0. The molecule has 2 saturated heterocycles. The Balaban J connectivity index is 1.49. The molecule has 2 aliphatic rings. The zero-order chi connectivity index (χ0) is 15.6. The molecule has 1 aromatic rings. The maximum Gasteiger partial charge on any atom is 0.208 e. The van der Waals surface area contributed by atoms with Crippen molar-refractivity contribution in [2.24, 2.45) is 11.8 Å². The molecule has 0 amide bonds. The number of hydrogen-bond acceptors (Lipinski definition) is 4. The molecule has 0 aliphatic carbocycles. The first-order chi connectivity index (χ1) is 10.5. The average Bonchev–Trinajstić information content (AvgIpc) is 3.03. The Morgan fingerprint density at radius 2 is 2.05 bits per heavy atom. The summed E-state index contributed by atoms with van der Waals surface area (Å²) in [4.78, 5) is 2.44. The molecule has 1 N–H and O–H groups in total. The van der Waals surface area contributed by atoms with Crippen LogP contribution in [0.5, 0.6) is 0 Å². The third-order valence-corrected chi connectivity index (χ3v) is 5.37. The summed E-state index contributed by atoms with van der Waals surface area (Å²) in [7, 11) is -3.12. The van der Waals surface area contributed by atoms with Crippen LogP contribution in [0.2, 0.25) is 0 Å². The summed E-state index contributed by atoms with van der Waals surface area (Å²) in [6.07, 6.45) is 2.52. The third-order valence-electron chi connectivity index (χ3n) is 4.68. The maximum absolute atomic E-state index is 11.2. The standard InChI is InChI=1S/C16H24N2O3S/c1-22(19,20)17-9-14-12-21-16-11-18(10-15(14)16)8-7-13-5-3-2-4-6-13/h2-6,14-17H,7-12H2,1H3/t14-,15+,16+/m1/s1. The van der Waals surface area contributed by atoms with E-state index in [9.17, 15) is 8.42 Å². The molecule has 1 aromatic carbocycles. The van der Waals surface area contributed by atoms with E-state index in [1.807, 2.05) is 6.07 Å². The van der Waals surface area contributed by atoms with Crippen molar-refractivity contribution in [3.8, 4) is 0 Å². The van der Waals surface area contributed by atoms with Gasteiger partial charge < -0.3 is 9.64 Å². The van der Waals surface area contributed by atoms with Crippen molar-refractivity contribution in [2.45, 2.75) is 12.5 Å². The third kappa shape index (κ3) is 4.07. The predicted molar refractivity (Wildman–Crippen MR) is 86.2 cm³/mol. The van der Waals surface area contributed by atoms with Crippen molar-refractivity contribution in [1.29, 1.82) is 0 Å². The fourth-order valence-electron chi connectivity index (χ4n) is 3.46. The smallest absolute Gasteiger partial charge is 0.208 e. The van der Waals surface area contributed by atoms with Crippen LogP contribution in [-0.2, 0) is 21.2 Å². The van der Waals surface area contributed by atoms with Gasteiger partial charge in [-0.15, -0.1) is 0 Å². The van der Waals surface area contributed by atoms with Gasteiger partial charge in [0, 0.05) is 38.0 Å². The second kappa shape index (κ2) is 6.66. The van der Waals surface area contributed by atoms with Gasteiger partial charge >= 0.3 is 0 Å². The van der Waals surface area contributed by atoms with E-state index in [1.165, 1.54) is 11.8 Å². The van der Waals surface area contributed by atoms with Crippen LogP contribution in [-0.4, -0.2) is 58.5 Å². The molecule has 3 rings (SSSR count). The highest BCUT2D eigenvalue weighted by Gasteiger charge is 2.43. The van der Waals surface area contributed by atoms with Crippen LogP contribution in [0.4, 0.5) is 0 Å². The molecule has 2 fully saturated rings. The van der Waals surface area contributed by atoms with E-state index in [0.29, 0.717) is 25.0 Å². The van der Waals surface area contributed by atoms with Gasteiger partial charge in [0.05, 0.1) is 19.0 Å². The monoisotopic (exact) mass is 324 g/mol. The van der Waals surface area contributed by atoms with E-state index < -0.39 is 10.0 Å². The van der Waals surface area contributed by atoms with Gasteiger partial charge in [-0.2, -0.15) is 0 Å². The van der Waals surface area contributed by atoms with Crippen molar-refractivity contribution in [3.63, 3.8) is 0 Å². The van der Waals surface area contributed by atoms with E-state index in [2.05, 4.69) is 33.9 Å². The summed E-state index contributed by atoms with van der Waals surface area (Å²) in [6.45, 7) is 4.17. The van der Waals surface area contributed by atoms with Crippen LogP contribution in [0.15, 0.2) is 30.3 Å². The first kappa shape index (κ1) is 15.9. The van der Waals surface area contributed by atoms with Gasteiger partial charge in [0.2, 0.25) is 10.0 Å². The minimum atomic E-state index is -3.12. The lowest BCUT2D eigenvalue weighted by Crippen LogP contribution is -2.33. The highest BCUT2D eigenvalue weighted by atomic mass is 32.2. The number of ether oxygens (including phenoxy) is 1. The molecule has 0 radical (unpaired) electrons. The molecule has 2 heterocycles. The van der Waals surface area contributed by atoms with Crippen molar-refractivity contribution < 1.29 is 13.2 Å². The molecule has 0 unspecified atom stereocenters. The molecule has 5 nitrogen and oxygen atoms in total. The van der Waals surface area contributed by atoms with Crippen LogP contribution >= 0.6 is 0 Å². The van der Waals surface area contributed by atoms with Crippen LogP contribution in [0.3, 0.4) is 0 Å². The SMILES string of the molecule is CS(=O)(=O)NC[C@@H]1CO[C@H]2CN(CCc3ccccc3)C[C@@H]12. The van der Waals surface area contributed by atoms with E-state index >= 15 is 0 Å². The van der Waals surface area contributed by atoms with E-state index in [0.717, 1.165) is 26.1 Å². The zero-order valence-electron chi connectivity index (χ0n) is 12.9. The summed E-state index contributed by atoms with van der Waals surface area (Å²) >= 11 is 0. The van der Waals surface area contributed by atoms with Gasteiger partial charge in [0.15, 0.2) is 0 Å². The summed E-state index contributed by atoms with van der Waals surface area (Å²) in [5.41, 5.74) is 1.36. The maximum atomic E-state index is 11.2. The average molecular weight is 324 g/mol. The number of sulfonamides is 1. The second-order valence-corrected chi connectivity index (χ2v) is 8.24. The normalized spacial score (nSPS) is 28.9. The number of hydrogen-bond donors (Lipinski definition) is 1. The molecule has 0 spiro atoms. The fourth-order valence-corrected chi connectivity index (χ4v) is 3.98. The van der Waals surface area contributed by atoms with E-state index in [4.69, 9.17) is 4.74 Å². The minimum Gasteiger partial charge on any atom is -0.376 e. The van der Waals surface area contributed by atoms with Crippen LogP contribution in [0.1, 0.15) is 5.56 Å². The number of likely N-dealkylation sites (tertiary alicyclic amines) is 1. The van der Waals surface area contributed by atoms with Crippen molar-refractivity contribution >= 4 is 10.0 Å². The Kier molecular flexibility index (Phi) is 4.82. The summed E-state index contributed by atoms with van der Waals surface area (Å²) in [5.74, 6) is 0.742. The molecule has 6 heteroatoms. The Hall–Kier alpha value is -0.950. The molecule has 122 valence electrons. The second-order valence-electron chi connectivity index (χ2n) is 6.41. The number of nitrogens with one attached hydrogen (secondary N) is 1. The lowest BCUT2D eigenvalue weighted by Gasteiger charge is -2.19. The molecule has 22 heavy (non-hydrogen) atoms. The molecular formula is C16H24N2O3S. The zero-order valence-corrected chi connectivity index (χ0v) is 13.8. The molecule has 0 aromatic heterocycles. The fraction of sp³-hybridized carbons (Fsp3) is 0.625. The lowest BCUT2D eigenvalue weighted by molar-refractivity contribution is 0.0955. The largest absolute Gasteiger partial charge is 0.376 e. The summed E-state index contributed by atoms with van der Waals surface area (Å²) in [6, 6.07) is 10.5. The van der Waals surface area contributed by atoms with Gasteiger partial charge in [-0.3, -0.25) is 0 Å². The van der Waals surface area contributed by atoms with Gasteiger partial charge in [0.1, 0.15) is 0 Å². The number of nitrogens with zero attached hydrogens (tertiary/aromatic N) is 1. The highest BCUT2D eigenvalue weighted by molar-refractivity contribution is 7.88. The molecule has 3 atom stereocenters. The first-order valence-corrected chi connectivity index (χ1v) is 9.73. The predicted octanol–water partition coefficient (Wildman–Crippen LogP) is 0.725. The van der Waals surface area contributed by atoms with Crippen LogP contribution in [0, 0.1) is 11.8 Å². The van der Waals surface area contributed by atoms with E-state index in [-0.39, 0.29) is 6.10 Å². The topological polar surface area (TPSA) is 58.6 Å². The highest BCUT2D eigenvalue weighted by Crippen LogP contribution is 2.33. The Morgan fingerprint density at radius 3 is 2.77 bits per heavy atom. The van der Waals surface area contributed by atoms with Gasteiger partial charge in [0.25, 0.3) is 0 Å². The minimum absolute atomic E-state index is 0.266. The Labute approximate surface area is 132 Å².